The minimum Gasteiger partial charge on any atom is -0.478 e. The lowest BCUT2D eigenvalue weighted by Crippen LogP contribution is -2.21. The van der Waals surface area contributed by atoms with E-state index in [4.69, 9.17) is 9.84 Å². The van der Waals surface area contributed by atoms with Gasteiger partial charge in [-0.25, -0.2) is 4.79 Å². The molecule has 1 fully saturated rings. The highest BCUT2D eigenvalue weighted by Crippen LogP contribution is 2.24. The highest BCUT2D eigenvalue weighted by atomic mass is 16.5. The first kappa shape index (κ1) is 11.9. The maximum atomic E-state index is 10.5. The number of carboxylic acid groups (broad SMARTS) is 1. The molecule has 1 saturated carbocycles. The van der Waals surface area contributed by atoms with Gasteiger partial charge in [0.25, 0.3) is 0 Å². The molecule has 17 heavy (non-hydrogen) atoms. The molecule has 0 heterocycles. The summed E-state index contributed by atoms with van der Waals surface area (Å²) < 4.78 is 5.73. The normalized spacial score (nSPS) is 16.0. The Kier molecular flexibility index (Phi) is 3.94. The van der Waals surface area contributed by atoms with E-state index in [2.05, 4.69) is 0 Å². The molecule has 3 heteroatoms. The second-order valence-corrected chi connectivity index (χ2v) is 4.23. The molecule has 0 unspecified atom stereocenters. The van der Waals surface area contributed by atoms with Crippen molar-refractivity contribution in [3.05, 3.63) is 41.5 Å². The molecule has 90 valence electrons. The van der Waals surface area contributed by atoms with E-state index in [1.807, 2.05) is 24.3 Å². The maximum Gasteiger partial charge on any atom is 0.328 e. The van der Waals surface area contributed by atoms with E-state index in [1.54, 1.807) is 6.08 Å². The largest absolute Gasteiger partial charge is 0.478 e. The van der Waals surface area contributed by atoms with E-state index in [0.717, 1.165) is 30.0 Å². The Labute approximate surface area is 101 Å². The van der Waals surface area contributed by atoms with Gasteiger partial charge >= 0.3 is 5.97 Å². The van der Waals surface area contributed by atoms with Crippen LogP contribution in [0, 0.1) is 0 Å². The number of carbonyl (C=O) groups is 1. The van der Waals surface area contributed by atoms with E-state index in [9.17, 15) is 4.79 Å². The lowest BCUT2D eigenvalue weighted by Gasteiger charge is -2.25. The Bertz CT molecular complexity index is 419. The Morgan fingerprint density at radius 3 is 2.82 bits per heavy atom. The molecule has 1 N–H and O–H groups in total. The molecule has 0 aromatic heterocycles. The van der Waals surface area contributed by atoms with Crippen LogP contribution in [0.2, 0.25) is 0 Å². The van der Waals surface area contributed by atoms with Gasteiger partial charge in [0, 0.05) is 6.08 Å². The summed E-state index contributed by atoms with van der Waals surface area (Å²) >= 11 is 0. The molecule has 0 atom stereocenters. The minimum absolute atomic E-state index is 0.395. The average molecular weight is 232 g/mol. The predicted molar refractivity (Wildman–Crippen MR) is 65.5 cm³/mol. The molecule has 0 spiro atoms. The fraction of sp³-hybridized carbons (Fsp3) is 0.357. The Hall–Kier alpha value is -1.61. The first-order chi connectivity index (χ1) is 8.25. The predicted octanol–water partition coefficient (Wildman–Crippen LogP) is 2.85. The third-order valence-electron chi connectivity index (χ3n) is 2.99. The number of benzene rings is 1. The van der Waals surface area contributed by atoms with Crippen LogP contribution in [0.1, 0.15) is 30.4 Å². The summed E-state index contributed by atoms with van der Waals surface area (Å²) in [5, 5.41) is 8.61. The van der Waals surface area contributed by atoms with Crippen molar-refractivity contribution in [1.29, 1.82) is 0 Å². The average Bonchev–Trinajstić information content (AvgIpc) is 2.25. The van der Waals surface area contributed by atoms with Gasteiger partial charge in [-0.1, -0.05) is 24.3 Å². The monoisotopic (exact) mass is 232 g/mol. The molecule has 3 nitrogen and oxygen atoms in total. The van der Waals surface area contributed by atoms with Crippen LogP contribution in [0.25, 0.3) is 6.08 Å². The van der Waals surface area contributed by atoms with Crippen molar-refractivity contribution in [2.45, 2.75) is 32.0 Å². The third kappa shape index (κ3) is 3.43. The van der Waals surface area contributed by atoms with Crippen LogP contribution < -0.4 is 0 Å². The van der Waals surface area contributed by atoms with E-state index >= 15 is 0 Å². The van der Waals surface area contributed by atoms with Crippen molar-refractivity contribution < 1.29 is 14.6 Å². The Morgan fingerprint density at radius 1 is 1.41 bits per heavy atom. The van der Waals surface area contributed by atoms with Gasteiger partial charge in [-0.2, -0.15) is 0 Å². The van der Waals surface area contributed by atoms with Gasteiger partial charge < -0.3 is 9.84 Å². The van der Waals surface area contributed by atoms with Crippen LogP contribution in [0.3, 0.4) is 0 Å². The molecule has 0 saturated heterocycles. The highest BCUT2D eigenvalue weighted by Gasteiger charge is 2.17. The number of rotatable bonds is 5. The second kappa shape index (κ2) is 5.64. The summed E-state index contributed by atoms with van der Waals surface area (Å²) in [6.45, 7) is 0.560. The molecule has 1 aromatic rings. The van der Waals surface area contributed by atoms with Crippen molar-refractivity contribution in [3.63, 3.8) is 0 Å². The Balaban J connectivity index is 2.01. The van der Waals surface area contributed by atoms with Gasteiger partial charge in [0.1, 0.15) is 0 Å². The minimum atomic E-state index is -0.931. The van der Waals surface area contributed by atoms with Crippen LogP contribution in [-0.4, -0.2) is 17.2 Å². The van der Waals surface area contributed by atoms with Gasteiger partial charge in [0.05, 0.1) is 12.7 Å². The molecule has 1 aliphatic carbocycles. The van der Waals surface area contributed by atoms with E-state index in [-0.39, 0.29) is 0 Å². The van der Waals surface area contributed by atoms with Crippen molar-refractivity contribution in [2.75, 3.05) is 0 Å². The quantitative estimate of drug-likeness (QED) is 0.794. The van der Waals surface area contributed by atoms with Gasteiger partial charge in [0.15, 0.2) is 0 Å². The smallest absolute Gasteiger partial charge is 0.328 e. The fourth-order valence-corrected chi connectivity index (χ4v) is 1.73. The molecule has 1 aliphatic rings. The van der Waals surface area contributed by atoms with Crippen LogP contribution in [-0.2, 0) is 16.1 Å². The molecule has 2 rings (SSSR count). The van der Waals surface area contributed by atoms with E-state index in [0.29, 0.717) is 12.7 Å². The number of hydrogen-bond donors (Lipinski definition) is 1. The molecular formula is C14H16O3. The summed E-state index contributed by atoms with van der Waals surface area (Å²) in [4.78, 5) is 10.5. The van der Waals surface area contributed by atoms with Crippen LogP contribution >= 0.6 is 0 Å². The van der Waals surface area contributed by atoms with Gasteiger partial charge in [0.2, 0.25) is 0 Å². The summed E-state index contributed by atoms with van der Waals surface area (Å²) in [6, 6.07) is 7.71. The Morgan fingerprint density at radius 2 is 2.18 bits per heavy atom. The number of carboxylic acids is 1. The zero-order chi connectivity index (χ0) is 12.1. The molecule has 0 radical (unpaired) electrons. The number of ether oxygens (including phenoxy) is 1. The van der Waals surface area contributed by atoms with Crippen LogP contribution in [0.4, 0.5) is 0 Å². The number of aliphatic carboxylic acids is 1. The lowest BCUT2D eigenvalue weighted by atomic mass is 9.96. The first-order valence-corrected chi connectivity index (χ1v) is 5.86. The maximum absolute atomic E-state index is 10.5. The van der Waals surface area contributed by atoms with E-state index in [1.165, 1.54) is 6.42 Å². The van der Waals surface area contributed by atoms with Crippen molar-refractivity contribution in [1.82, 2.24) is 0 Å². The molecule has 0 aliphatic heterocycles. The van der Waals surface area contributed by atoms with Crippen LogP contribution in [0.15, 0.2) is 30.3 Å². The third-order valence-corrected chi connectivity index (χ3v) is 2.99. The zero-order valence-corrected chi connectivity index (χ0v) is 9.63. The zero-order valence-electron chi connectivity index (χ0n) is 9.63. The van der Waals surface area contributed by atoms with Gasteiger partial charge in [-0.15, -0.1) is 0 Å². The van der Waals surface area contributed by atoms with Gasteiger partial charge in [-0.3, -0.25) is 0 Å². The second-order valence-electron chi connectivity index (χ2n) is 4.23. The van der Waals surface area contributed by atoms with E-state index < -0.39 is 5.97 Å². The topological polar surface area (TPSA) is 46.5 Å². The molecule has 0 amide bonds. The summed E-state index contributed by atoms with van der Waals surface area (Å²) in [5.41, 5.74) is 1.95. The summed E-state index contributed by atoms with van der Waals surface area (Å²) in [5.74, 6) is -0.931. The molecule has 1 aromatic carbocycles. The highest BCUT2D eigenvalue weighted by molar-refractivity contribution is 5.85. The standard InChI is InChI=1S/C14H16O3/c15-14(16)9-8-11-4-1-2-5-12(11)10-17-13-6-3-7-13/h1-2,4-5,8-9,13H,3,6-7,10H2,(H,15,16). The van der Waals surface area contributed by atoms with Gasteiger partial charge in [-0.05, 0) is 36.5 Å². The summed E-state index contributed by atoms with van der Waals surface area (Å²) in [7, 11) is 0. The molecular weight excluding hydrogens is 216 g/mol. The van der Waals surface area contributed by atoms with Crippen molar-refractivity contribution in [2.24, 2.45) is 0 Å². The van der Waals surface area contributed by atoms with Crippen molar-refractivity contribution in [3.8, 4) is 0 Å². The van der Waals surface area contributed by atoms with Crippen LogP contribution in [0.5, 0.6) is 0 Å². The fourth-order valence-electron chi connectivity index (χ4n) is 1.73. The van der Waals surface area contributed by atoms with Crippen molar-refractivity contribution >= 4 is 12.0 Å². The first-order valence-electron chi connectivity index (χ1n) is 5.86. The molecule has 0 bridgehead atoms. The lowest BCUT2D eigenvalue weighted by molar-refractivity contribution is -0.131. The summed E-state index contributed by atoms with van der Waals surface area (Å²) in [6.07, 6.45) is 6.71. The SMILES string of the molecule is O=C(O)C=Cc1ccccc1COC1CCC1. The number of hydrogen-bond acceptors (Lipinski definition) is 2.